The molecule has 0 atom stereocenters. The van der Waals surface area contributed by atoms with Gasteiger partial charge in [0.25, 0.3) is 0 Å². The highest BCUT2D eigenvalue weighted by atomic mass is 35.5. The van der Waals surface area contributed by atoms with Gasteiger partial charge in [-0.25, -0.2) is 9.78 Å². The van der Waals surface area contributed by atoms with E-state index in [4.69, 9.17) is 16.3 Å². The lowest BCUT2D eigenvalue weighted by Gasteiger charge is -2.12. The fraction of sp³-hybridized carbons (Fsp3) is 0.250. The van der Waals surface area contributed by atoms with Crippen molar-refractivity contribution in [3.05, 3.63) is 46.6 Å². The number of ether oxygens (including phenoxy) is 1. The summed E-state index contributed by atoms with van der Waals surface area (Å²) in [5.74, 6) is 0.642. The first kappa shape index (κ1) is 16.1. The van der Waals surface area contributed by atoms with Gasteiger partial charge >= 0.3 is 6.09 Å². The molecule has 0 aliphatic carbocycles. The summed E-state index contributed by atoms with van der Waals surface area (Å²) in [6.45, 7) is 6.05. The lowest BCUT2D eigenvalue weighted by atomic mass is 10.1. The Kier molecular flexibility index (Phi) is 5.22. The SMILES string of the molecule is CCOC(=O)Nc1ccc(Nc2c(C)cc(C)cc2Cl)nc1. The first-order valence-electron chi connectivity index (χ1n) is 6.93. The van der Waals surface area contributed by atoms with Crippen LogP contribution in [0, 0.1) is 13.8 Å². The number of anilines is 3. The highest BCUT2D eigenvalue weighted by molar-refractivity contribution is 6.33. The molecule has 0 fully saturated rings. The number of aromatic nitrogens is 1. The second-order valence-corrected chi connectivity index (χ2v) is 5.25. The van der Waals surface area contributed by atoms with Gasteiger partial charge in [-0.2, -0.15) is 0 Å². The van der Waals surface area contributed by atoms with E-state index in [1.807, 2.05) is 26.0 Å². The van der Waals surface area contributed by atoms with E-state index in [9.17, 15) is 4.79 Å². The van der Waals surface area contributed by atoms with Crippen LogP contribution < -0.4 is 10.6 Å². The van der Waals surface area contributed by atoms with Gasteiger partial charge in [0.15, 0.2) is 0 Å². The van der Waals surface area contributed by atoms with Crippen LogP contribution in [0.15, 0.2) is 30.5 Å². The number of nitrogens with zero attached hydrogens (tertiary/aromatic N) is 1. The zero-order chi connectivity index (χ0) is 16.1. The Morgan fingerprint density at radius 3 is 2.68 bits per heavy atom. The molecular weight excluding hydrogens is 302 g/mol. The Morgan fingerprint density at radius 2 is 2.09 bits per heavy atom. The molecule has 1 aromatic carbocycles. The monoisotopic (exact) mass is 319 g/mol. The molecule has 0 radical (unpaired) electrons. The summed E-state index contributed by atoms with van der Waals surface area (Å²) in [7, 11) is 0. The molecule has 2 aromatic rings. The van der Waals surface area contributed by atoms with Crippen molar-refractivity contribution in [3.63, 3.8) is 0 Å². The van der Waals surface area contributed by atoms with Crippen molar-refractivity contribution in [2.75, 3.05) is 17.2 Å². The number of carbonyl (C=O) groups is 1. The number of pyridine rings is 1. The summed E-state index contributed by atoms with van der Waals surface area (Å²) in [5, 5.41) is 6.42. The van der Waals surface area contributed by atoms with Crippen molar-refractivity contribution in [1.82, 2.24) is 4.98 Å². The fourth-order valence-electron chi connectivity index (χ4n) is 2.03. The predicted octanol–water partition coefficient (Wildman–Crippen LogP) is 4.66. The minimum atomic E-state index is -0.498. The van der Waals surface area contributed by atoms with E-state index in [-0.39, 0.29) is 0 Å². The van der Waals surface area contributed by atoms with E-state index in [1.165, 1.54) is 0 Å². The van der Waals surface area contributed by atoms with E-state index in [2.05, 4.69) is 15.6 Å². The van der Waals surface area contributed by atoms with E-state index in [0.29, 0.717) is 23.1 Å². The number of rotatable bonds is 4. The number of nitrogens with one attached hydrogen (secondary N) is 2. The highest BCUT2D eigenvalue weighted by Gasteiger charge is 2.07. The van der Waals surface area contributed by atoms with Gasteiger partial charge < -0.3 is 10.1 Å². The minimum Gasteiger partial charge on any atom is -0.450 e. The van der Waals surface area contributed by atoms with Gasteiger partial charge in [-0.15, -0.1) is 0 Å². The van der Waals surface area contributed by atoms with Gasteiger partial charge in [-0.3, -0.25) is 5.32 Å². The molecule has 0 spiro atoms. The number of halogens is 1. The second kappa shape index (κ2) is 7.13. The molecule has 22 heavy (non-hydrogen) atoms. The summed E-state index contributed by atoms with van der Waals surface area (Å²) in [6.07, 6.45) is 1.05. The van der Waals surface area contributed by atoms with E-state index >= 15 is 0 Å². The number of hydrogen-bond acceptors (Lipinski definition) is 4. The van der Waals surface area contributed by atoms with Crippen molar-refractivity contribution in [2.45, 2.75) is 20.8 Å². The molecule has 1 amide bonds. The van der Waals surface area contributed by atoms with Crippen LogP contribution in [0.4, 0.5) is 22.0 Å². The van der Waals surface area contributed by atoms with Crippen molar-refractivity contribution in [1.29, 1.82) is 0 Å². The van der Waals surface area contributed by atoms with Gasteiger partial charge in [0.2, 0.25) is 0 Å². The average Bonchev–Trinajstić information content (AvgIpc) is 2.45. The molecule has 1 aromatic heterocycles. The topological polar surface area (TPSA) is 63.2 Å². The summed E-state index contributed by atoms with van der Waals surface area (Å²) in [5.41, 5.74) is 3.54. The van der Waals surface area contributed by atoms with Gasteiger partial charge in [0.05, 0.1) is 29.2 Å². The summed E-state index contributed by atoms with van der Waals surface area (Å²) >= 11 is 6.26. The molecule has 0 bridgehead atoms. The Hall–Kier alpha value is -2.27. The number of benzene rings is 1. The van der Waals surface area contributed by atoms with E-state index in [1.54, 1.807) is 25.3 Å². The summed E-state index contributed by atoms with van der Waals surface area (Å²) in [4.78, 5) is 15.6. The molecule has 6 heteroatoms. The molecule has 0 saturated carbocycles. The number of carbonyl (C=O) groups excluding carboxylic acids is 1. The zero-order valence-electron chi connectivity index (χ0n) is 12.7. The fourth-order valence-corrected chi connectivity index (χ4v) is 2.40. The third kappa shape index (κ3) is 4.11. The highest BCUT2D eigenvalue weighted by Crippen LogP contribution is 2.29. The molecule has 5 nitrogen and oxygen atoms in total. The predicted molar refractivity (Wildman–Crippen MR) is 89.1 cm³/mol. The van der Waals surface area contributed by atoms with E-state index in [0.717, 1.165) is 16.8 Å². The maximum absolute atomic E-state index is 11.3. The molecule has 0 aliphatic rings. The van der Waals surface area contributed by atoms with Crippen LogP contribution in [0.1, 0.15) is 18.1 Å². The van der Waals surface area contributed by atoms with Crippen LogP contribution in [0.2, 0.25) is 5.02 Å². The van der Waals surface area contributed by atoms with Crippen LogP contribution >= 0.6 is 11.6 Å². The summed E-state index contributed by atoms with van der Waals surface area (Å²) in [6, 6.07) is 7.44. The lowest BCUT2D eigenvalue weighted by Crippen LogP contribution is -2.13. The maximum Gasteiger partial charge on any atom is 0.411 e. The van der Waals surface area contributed by atoms with Crippen molar-refractivity contribution in [3.8, 4) is 0 Å². The Balaban J connectivity index is 2.10. The molecule has 2 rings (SSSR count). The first-order valence-corrected chi connectivity index (χ1v) is 7.31. The molecule has 0 aliphatic heterocycles. The van der Waals surface area contributed by atoms with Gasteiger partial charge in [-0.05, 0) is 50.1 Å². The Labute approximate surface area is 134 Å². The molecular formula is C16H18ClN3O2. The van der Waals surface area contributed by atoms with Crippen molar-refractivity contribution < 1.29 is 9.53 Å². The molecule has 2 N–H and O–H groups in total. The quantitative estimate of drug-likeness (QED) is 0.860. The number of amides is 1. The third-order valence-electron chi connectivity index (χ3n) is 2.97. The zero-order valence-corrected chi connectivity index (χ0v) is 13.5. The van der Waals surface area contributed by atoms with Crippen LogP contribution in [0.25, 0.3) is 0 Å². The third-order valence-corrected chi connectivity index (χ3v) is 3.27. The number of aryl methyl sites for hydroxylation is 2. The van der Waals surface area contributed by atoms with Crippen LogP contribution in [0.3, 0.4) is 0 Å². The smallest absolute Gasteiger partial charge is 0.411 e. The largest absolute Gasteiger partial charge is 0.450 e. The van der Waals surface area contributed by atoms with Crippen molar-refractivity contribution in [2.24, 2.45) is 0 Å². The van der Waals surface area contributed by atoms with Crippen LogP contribution in [-0.4, -0.2) is 17.7 Å². The van der Waals surface area contributed by atoms with Gasteiger partial charge in [-0.1, -0.05) is 17.7 Å². The van der Waals surface area contributed by atoms with E-state index < -0.39 is 6.09 Å². The first-order chi connectivity index (χ1) is 10.5. The minimum absolute atomic E-state index is 0.324. The maximum atomic E-state index is 11.3. The Bertz CT molecular complexity index is 649. The second-order valence-electron chi connectivity index (χ2n) is 4.84. The van der Waals surface area contributed by atoms with Crippen LogP contribution in [0.5, 0.6) is 0 Å². The van der Waals surface area contributed by atoms with Gasteiger partial charge in [0.1, 0.15) is 5.82 Å². The normalized spacial score (nSPS) is 10.2. The summed E-state index contributed by atoms with van der Waals surface area (Å²) < 4.78 is 4.80. The molecule has 0 unspecified atom stereocenters. The molecule has 116 valence electrons. The Morgan fingerprint density at radius 1 is 1.32 bits per heavy atom. The van der Waals surface area contributed by atoms with Gasteiger partial charge in [0, 0.05) is 0 Å². The average molecular weight is 320 g/mol. The van der Waals surface area contributed by atoms with Crippen LogP contribution in [-0.2, 0) is 4.74 Å². The molecule has 1 heterocycles. The van der Waals surface area contributed by atoms with Crippen molar-refractivity contribution >= 4 is 34.9 Å². The number of hydrogen-bond donors (Lipinski definition) is 2. The standard InChI is InChI=1S/C16H18ClN3O2/c1-4-22-16(21)19-12-5-6-14(18-9-12)20-15-11(3)7-10(2)8-13(15)17/h5-9H,4H2,1-3H3,(H,18,20)(H,19,21). The molecule has 0 saturated heterocycles. The lowest BCUT2D eigenvalue weighted by molar-refractivity contribution is 0.168.